The molecule has 0 fully saturated rings. The van der Waals surface area contributed by atoms with Crippen molar-refractivity contribution in [2.75, 3.05) is 7.05 Å². The van der Waals surface area contributed by atoms with Crippen LogP contribution in [0.4, 0.5) is 0 Å². The molecule has 1 aliphatic rings. The van der Waals surface area contributed by atoms with Gasteiger partial charge >= 0.3 is 0 Å². The van der Waals surface area contributed by atoms with E-state index in [1.54, 1.807) is 7.05 Å². The van der Waals surface area contributed by atoms with Gasteiger partial charge in [0.2, 0.25) is 0 Å². The number of aliphatic imine (C=N–C) groups is 2. The minimum Gasteiger partial charge on any atom is -0.274 e. The number of rotatable bonds is 0. The molecule has 0 heterocycles. The van der Waals surface area contributed by atoms with Crippen LogP contribution in [-0.4, -0.2) is 18.6 Å². The highest BCUT2D eigenvalue weighted by molar-refractivity contribution is 14.1. The van der Waals surface area contributed by atoms with Crippen molar-refractivity contribution in [3.8, 4) is 0 Å². The van der Waals surface area contributed by atoms with Crippen LogP contribution in [0.15, 0.2) is 43.9 Å². The molecule has 13 heavy (non-hydrogen) atoms. The molecule has 0 amide bonds. The van der Waals surface area contributed by atoms with Gasteiger partial charge in [0.15, 0.2) is 0 Å². The van der Waals surface area contributed by atoms with E-state index in [1.807, 2.05) is 25.2 Å². The summed E-state index contributed by atoms with van der Waals surface area (Å²) in [6, 6.07) is 0. The van der Waals surface area contributed by atoms with Gasteiger partial charge in [0.1, 0.15) is 5.84 Å². The van der Waals surface area contributed by atoms with Gasteiger partial charge in [-0.1, -0.05) is 6.58 Å². The fraction of sp³-hybridized carbons (Fsp3) is 0.200. The molecule has 2 nitrogen and oxygen atoms in total. The minimum atomic E-state index is 0.770. The molecule has 0 saturated heterocycles. The predicted octanol–water partition coefficient (Wildman–Crippen LogP) is 2.92. The van der Waals surface area contributed by atoms with E-state index < -0.39 is 0 Å². The van der Waals surface area contributed by atoms with Crippen LogP contribution in [0.25, 0.3) is 0 Å². The van der Waals surface area contributed by atoms with E-state index >= 15 is 0 Å². The molecule has 0 bridgehead atoms. The zero-order valence-electron chi connectivity index (χ0n) is 7.71. The van der Waals surface area contributed by atoms with Gasteiger partial charge in [-0.2, -0.15) is 0 Å². The van der Waals surface area contributed by atoms with E-state index in [4.69, 9.17) is 0 Å². The molecule has 0 aromatic carbocycles. The fourth-order valence-electron chi connectivity index (χ4n) is 0.887. The lowest BCUT2D eigenvalue weighted by molar-refractivity contribution is 1.38. The monoisotopic (exact) mass is 286 g/mol. The first kappa shape index (κ1) is 10.4. The topological polar surface area (TPSA) is 24.7 Å². The predicted molar refractivity (Wildman–Crippen MR) is 66.9 cm³/mol. The van der Waals surface area contributed by atoms with Crippen molar-refractivity contribution in [2.45, 2.75) is 6.92 Å². The zero-order chi connectivity index (χ0) is 9.84. The van der Waals surface area contributed by atoms with Crippen LogP contribution in [0.2, 0.25) is 0 Å². The molecule has 1 aliphatic carbocycles. The van der Waals surface area contributed by atoms with Gasteiger partial charge in [0, 0.05) is 10.6 Å². The van der Waals surface area contributed by atoms with Crippen LogP contribution in [0.1, 0.15) is 6.92 Å². The Morgan fingerprint density at radius 1 is 1.46 bits per heavy atom. The van der Waals surface area contributed by atoms with Crippen molar-refractivity contribution in [3.05, 3.63) is 34.0 Å². The van der Waals surface area contributed by atoms with E-state index in [9.17, 15) is 0 Å². The third kappa shape index (κ3) is 2.91. The molecule has 0 saturated carbocycles. The minimum absolute atomic E-state index is 0.770. The number of amidine groups is 1. The molecule has 0 spiro atoms. The van der Waals surface area contributed by atoms with E-state index in [1.165, 1.54) is 3.58 Å². The van der Waals surface area contributed by atoms with Crippen molar-refractivity contribution in [1.29, 1.82) is 0 Å². The van der Waals surface area contributed by atoms with Crippen molar-refractivity contribution in [2.24, 2.45) is 9.98 Å². The molecule has 0 N–H and O–H groups in total. The fourth-order valence-corrected chi connectivity index (χ4v) is 1.44. The van der Waals surface area contributed by atoms with Gasteiger partial charge in [-0.3, -0.25) is 4.99 Å². The summed E-state index contributed by atoms with van der Waals surface area (Å²) in [6.45, 7) is 5.79. The van der Waals surface area contributed by atoms with Gasteiger partial charge in [0.25, 0.3) is 0 Å². The Morgan fingerprint density at radius 2 is 2.15 bits per heavy atom. The first-order valence-electron chi connectivity index (χ1n) is 3.90. The summed E-state index contributed by atoms with van der Waals surface area (Å²) in [6.07, 6.45) is 5.97. The van der Waals surface area contributed by atoms with E-state index in [2.05, 4.69) is 39.2 Å². The molecule has 0 aliphatic heterocycles. The van der Waals surface area contributed by atoms with E-state index in [-0.39, 0.29) is 0 Å². The average Bonchev–Trinajstić information content (AvgIpc) is 2.09. The Kier molecular flexibility index (Phi) is 3.59. The van der Waals surface area contributed by atoms with Crippen molar-refractivity contribution in [1.82, 2.24) is 0 Å². The molecule has 0 aromatic heterocycles. The second-order valence-electron chi connectivity index (χ2n) is 2.66. The Morgan fingerprint density at radius 3 is 2.69 bits per heavy atom. The zero-order valence-corrected chi connectivity index (χ0v) is 9.87. The molecule has 1 rings (SSSR count). The van der Waals surface area contributed by atoms with Gasteiger partial charge in [-0.25, -0.2) is 4.99 Å². The van der Waals surface area contributed by atoms with Crippen LogP contribution in [0.3, 0.4) is 0 Å². The summed E-state index contributed by atoms with van der Waals surface area (Å²) < 4.78 is 1.17. The van der Waals surface area contributed by atoms with Crippen LogP contribution in [-0.2, 0) is 0 Å². The van der Waals surface area contributed by atoms with Crippen molar-refractivity contribution in [3.63, 3.8) is 0 Å². The molecule has 0 aromatic rings. The Bertz CT molecular complexity index is 346. The van der Waals surface area contributed by atoms with Gasteiger partial charge < -0.3 is 0 Å². The first-order valence-corrected chi connectivity index (χ1v) is 4.98. The Hall–Kier alpha value is -0.710. The molecule has 3 heteroatoms. The number of allylic oxidation sites excluding steroid dienone is 5. The molecular weight excluding hydrogens is 275 g/mol. The Labute approximate surface area is 92.0 Å². The summed E-state index contributed by atoms with van der Waals surface area (Å²) in [5.74, 6) is 0.770. The molecular formula is C10H11IN2. The summed E-state index contributed by atoms with van der Waals surface area (Å²) in [5.41, 5.74) is 1.83. The lowest BCUT2D eigenvalue weighted by Gasteiger charge is -2.06. The highest BCUT2D eigenvalue weighted by Crippen LogP contribution is 2.17. The van der Waals surface area contributed by atoms with Gasteiger partial charge in [-0.05, 0) is 53.3 Å². The standard InChI is InChI=1S/C10H11IN2/c1-7-6-9(11)4-5-10(7)13-8(2)12-3/h4-6H,1H2,2-3H3/b12-8-,13-10-. The third-order valence-corrected chi connectivity index (χ3v) is 2.32. The first-order chi connectivity index (χ1) is 6.13. The largest absolute Gasteiger partial charge is 0.274 e. The number of hydrogen-bond donors (Lipinski definition) is 0. The van der Waals surface area contributed by atoms with E-state index in [0.29, 0.717) is 0 Å². The summed E-state index contributed by atoms with van der Waals surface area (Å²) in [7, 11) is 1.73. The lowest BCUT2D eigenvalue weighted by atomic mass is 10.1. The van der Waals surface area contributed by atoms with Crippen LogP contribution >= 0.6 is 22.6 Å². The second-order valence-corrected chi connectivity index (χ2v) is 3.90. The Balaban J connectivity index is 2.93. The van der Waals surface area contributed by atoms with Crippen LogP contribution < -0.4 is 0 Å². The summed E-state index contributed by atoms with van der Waals surface area (Å²) >= 11 is 2.25. The number of hydrogen-bond acceptors (Lipinski definition) is 1. The molecule has 0 radical (unpaired) electrons. The molecule has 0 unspecified atom stereocenters. The number of nitrogens with zero attached hydrogens (tertiary/aromatic N) is 2. The van der Waals surface area contributed by atoms with E-state index in [0.717, 1.165) is 17.1 Å². The van der Waals surface area contributed by atoms with Crippen molar-refractivity contribution >= 4 is 34.1 Å². The molecule has 68 valence electrons. The summed E-state index contributed by atoms with van der Waals surface area (Å²) in [5, 5.41) is 0. The second kappa shape index (κ2) is 4.50. The van der Waals surface area contributed by atoms with Crippen molar-refractivity contribution < 1.29 is 0 Å². The number of halogens is 1. The molecule has 0 atom stereocenters. The normalized spacial score (nSPS) is 20.8. The third-order valence-electron chi connectivity index (χ3n) is 1.65. The lowest BCUT2D eigenvalue weighted by Crippen LogP contribution is -2.02. The van der Waals surface area contributed by atoms with Gasteiger partial charge in [0.05, 0.1) is 5.71 Å². The average molecular weight is 286 g/mol. The van der Waals surface area contributed by atoms with Gasteiger partial charge in [-0.15, -0.1) is 0 Å². The maximum Gasteiger partial charge on any atom is 0.120 e. The smallest absolute Gasteiger partial charge is 0.120 e. The highest BCUT2D eigenvalue weighted by Gasteiger charge is 2.04. The SMILES string of the molecule is C=C1C=C(I)C=C/C1=N/C(C)=N\C. The highest BCUT2D eigenvalue weighted by atomic mass is 127. The van der Waals surface area contributed by atoms with Crippen LogP contribution in [0.5, 0.6) is 0 Å². The maximum absolute atomic E-state index is 4.30. The maximum atomic E-state index is 4.30. The summed E-state index contributed by atoms with van der Waals surface area (Å²) in [4.78, 5) is 8.27. The quantitative estimate of drug-likeness (QED) is 0.371. The van der Waals surface area contributed by atoms with Crippen LogP contribution in [0, 0.1) is 0 Å².